The van der Waals surface area contributed by atoms with E-state index >= 15 is 0 Å². The molecule has 5 nitrogen and oxygen atoms in total. The van der Waals surface area contributed by atoms with Gasteiger partial charge in [0.05, 0.1) is 14.2 Å². The number of hydrogen-bond donors (Lipinski definition) is 0. The van der Waals surface area contributed by atoms with Crippen molar-refractivity contribution in [3.63, 3.8) is 0 Å². The Labute approximate surface area is 137 Å². The zero-order chi connectivity index (χ0) is 16.4. The molecule has 6 heteroatoms. The van der Waals surface area contributed by atoms with Crippen molar-refractivity contribution in [2.75, 3.05) is 14.2 Å². The molecule has 0 spiro atoms. The van der Waals surface area contributed by atoms with Gasteiger partial charge in [-0.05, 0) is 24.3 Å². The Balaban J connectivity index is 2.21. The third-order valence-electron chi connectivity index (χ3n) is 3.53. The van der Waals surface area contributed by atoms with Crippen LogP contribution >= 0.6 is 11.3 Å². The van der Waals surface area contributed by atoms with E-state index in [2.05, 4.69) is 4.99 Å². The first-order valence-corrected chi connectivity index (χ1v) is 7.82. The summed E-state index contributed by atoms with van der Waals surface area (Å²) in [4.78, 5) is 17.2. The fourth-order valence-corrected chi connectivity index (χ4v) is 3.49. The summed E-state index contributed by atoms with van der Waals surface area (Å²) in [5.41, 5.74) is 1.42. The normalized spacial score (nSPS) is 11.7. The van der Waals surface area contributed by atoms with Crippen LogP contribution in [0.3, 0.4) is 0 Å². The molecule has 3 rings (SSSR count). The van der Waals surface area contributed by atoms with Crippen molar-refractivity contribution in [3.8, 4) is 11.5 Å². The fourth-order valence-electron chi connectivity index (χ4n) is 2.36. The smallest absolute Gasteiger partial charge is 0.279 e. The van der Waals surface area contributed by atoms with Crippen molar-refractivity contribution in [1.82, 2.24) is 4.57 Å². The van der Waals surface area contributed by atoms with Crippen molar-refractivity contribution < 1.29 is 14.3 Å². The average molecular weight is 328 g/mol. The average Bonchev–Trinajstić information content (AvgIpc) is 2.92. The summed E-state index contributed by atoms with van der Waals surface area (Å²) in [6, 6.07) is 12.7. The van der Waals surface area contributed by atoms with Gasteiger partial charge in [-0.25, -0.2) is 0 Å². The lowest BCUT2D eigenvalue weighted by Crippen LogP contribution is -2.13. The number of carbonyl (C=O) groups excluding carboxylic acids is 1. The van der Waals surface area contributed by atoms with Crippen LogP contribution < -0.4 is 14.3 Å². The quantitative estimate of drug-likeness (QED) is 0.743. The van der Waals surface area contributed by atoms with Crippen LogP contribution in [0.1, 0.15) is 10.4 Å². The molecule has 0 fully saturated rings. The summed E-state index contributed by atoms with van der Waals surface area (Å²) in [5, 5.41) is 0. The van der Waals surface area contributed by atoms with Crippen LogP contribution in [0.2, 0.25) is 0 Å². The van der Waals surface area contributed by atoms with E-state index < -0.39 is 0 Å². The van der Waals surface area contributed by atoms with Crippen LogP contribution in [-0.2, 0) is 7.05 Å². The third kappa shape index (κ3) is 2.73. The molecule has 1 heterocycles. The molecule has 0 unspecified atom stereocenters. The standard InChI is InChI=1S/C17H16N2O3S/c1-19-14-12(21-2)9-10-13(22-3)15(14)23-17(19)18-16(20)11-7-5-4-6-8-11/h4-10H,1-3H3. The minimum atomic E-state index is -0.273. The molecule has 0 saturated carbocycles. The number of benzene rings is 2. The van der Waals surface area contributed by atoms with E-state index in [1.54, 1.807) is 26.4 Å². The molecule has 0 aliphatic heterocycles. The number of hydrogen-bond acceptors (Lipinski definition) is 4. The Kier molecular flexibility index (Phi) is 4.16. The summed E-state index contributed by atoms with van der Waals surface area (Å²) in [7, 11) is 5.09. The van der Waals surface area contributed by atoms with Crippen LogP contribution in [0.15, 0.2) is 47.5 Å². The molecule has 23 heavy (non-hydrogen) atoms. The Morgan fingerprint density at radius 3 is 2.35 bits per heavy atom. The molecule has 1 amide bonds. The number of ether oxygens (including phenoxy) is 2. The minimum absolute atomic E-state index is 0.273. The lowest BCUT2D eigenvalue weighted by Gasteiger charge is -2.06. The molecule has 0 atom stereocenters. The van der Waals surface area contributed by atoms with Gasteiger partial charge in [-0.15, -0.1) is 0 Å². The molecule has 0 saturated heterocycles. The van der Waals surface area contributed by atoms with Crippen molar-refractivity contribution in [3.05, 3.63) is 52.8 Å². The lowest BCUT2D eigenvalue weighted by atomic mass is 10.2. The highest BCUT2D eigenvalue weighted by atomic mass is 32.1. The molecule has 1 aromatic heterocycles. The SMILES string of the molecule is COc1ccc(OC)c2c1sc(=NC(=O)c1ccccc1)n2C. The highest BCUT2D eigenvalue weighted by molar-refractivity contribution is 7.16. The molecular weight excluding hydrogens is 312 g/mol. The van der Waals surface area contributed by atoms with Crippen LogP contribution in [0.4, 0.5) is 0 Å². The lowest BCUT2D eigenvalue weighted by molar-refractivity contribution is 0.0998. The first kappa shape index (κ1) is 15.3. The van der Waals surface area contributed by atoms with Gasteiger partial charge < -0.3 is 14.0 Å². The van der Waals surface area contributed by atoms with Gasteiger partial charge in [0.15, 0.2) is 4.80 Å². The van der Waals surface area contributed by atoms with Gasteiger partial charge in [0.2, 0.25) is 0 Å². The van der Waals surface area contributed by atoms with Crippen LogP contribution in [0.5, 0.6) is 11.5 Å². The summed E-state index contributed by atoms with van der Waals surface area (Å²) >= 11 is 1.40. The van der Waals surface area contributed by atoms with E-state index in [9.17, 15) is 4.79 Å². The number of methoxy groups -OCH3 is 2. The highest BCUT2D eigenvalue weighted by Crippen LogP contribution is 2.34. The summed E-state index contributed by atoms with van der Waals surface area (Å²) in [6.07, 6.45) is 0. The van der Waals surface area contributed by atoms with Crippen LogP contribution in [-0.4, -0.2) is 24.7 Å². The molecule has 3 aromatic rings. The van der Waals surface area contributed by atoms with Gasteiger partial charge in [0.1, 0.15) is 21.7 Å². The number of aryl methyl sites for hydroxylation is 1. The fraction of sp³-hybridized carbons (Fsp3) is 0.176. The number of aromatic nitrogens is 1. The molecule has 2 aromatic carbocycles. The highest BCUT2D eigenvalue weighted by Gasteiger charge is 2.14. The Bertz CT molecular complexity index is 926. The predicted molar refractivity (Wildman–Crippen MR) is 90.2 cm³/mol. The Hall–Kier alpha value is -2.60. The van der Waals surface area contributed by atoms with Gasteiger partial charge in [-0.3, -0.25) is 4.79 Å². The Morgan fingerprint density at radius 2 is 1.70 bits per heavy atom. The second-order valence-electron chi connectivity index (χ2n) is 4.87. The van der Waals surface area contributed by atoms with Gasteiger partial charge in [0.25, 0.3) is 5.91 Å². The first-order chi connectivity index (χ1) is 11.2. The third-order valence-corrected chi connectivity index (χ3v) is 4.68. The van der Waals surface area contributed by atoms with Crippen molar-refractivity contribution in [2.24, 2.45) is 12.0 Å². The maximum Gasteiger partial charge on any atom is 0.279 e. The van der Waals surface area contributed by atoms with E-state index in [0.717, 1.165) is 16.0 Å². The van der Waals surface area contributed by atoms with Gasteiger partial charge in [-0.1, -0.05) is 29.5 Å². The summed E-state index contributed by atoms with van der Waals surface area (Å²) in [5.74, 6) is 1.17. The number of carbonyl (C=O) groups is 1. The van der Waals surface area contributed by atoms with Gasteiger partial charge >= 0.3 is 0 Å². The summed E-state index contributed by atoms with van der Waals surface area (Å²) in [6.45, 7) is 0. The molecule has 0 aliphatic carbocycles. The maximum atomic E-state index is 12.3. The van der Waals surface area contributed by atoms with E-state index in [4.69, 9.17) is 9.47 Å². The molecule has 0 radical (unpaired) electrons. The van der Waals surface area contributed by atoms with Crippen LogP contribution in [0.25, 0.3) is 10.2 Å². The molecule has 118 valence electrons. The molecule has 0 N–H and O–H groups in total. The van der Waals surface area contributed by atoms with Crippen molar-refractivity contribution in [2.45, 2.75) is 0 Å². The number of fused-ring (bicyclic) bond motifs is 1. The van der Waals surface area contributed by atoms with Crippen molar-refractivity contribution >= 4 is 27.5 Å². The first-order valence-electron chi connectivity index (χ1n) is 7.00. The molecular formula is C17H16N2O3S. The van der Waals surface area contributed by atoms with E-state index in [0.29, 0.717) is 16.1 Å². The zero-order valence-corrected chi connectivity index (χ0v) is 13.9. The largest absolute Gasteiger partial charge is 0.495 e. The number of thiazole rings is 1. The topological polar surface area (TPSA) is 52.8 Å². The number of nitrogens with zero attached hydrogens (tertiary/aromatic N) is 2. The summed E-state index contributed by atoms with van der Waals surface area (Å²) < 4.78 is 13.6. The zero-order valence-electron chi connectivity index (χ0n) is 13.1. The van der Waals surface area contributed by atoms with Gasteiger partial charge in [-0.2, -0.15) is 4.99 Å². The Morgan fingerprint density at radius 1 is 1.04 bits per heavy atom. The van der Waals surface area contributed by atoms with E-state index in [1.807, 2.05) is 41.9 Å². The second kappa shape index (κ2) is 6.26. The van der Waals surface area contributed by atoms with E-state index in [1.165, 1.54) is 11.3 Å². The van der Waals surface area contributed by atoms with E-state index in [-0.39, 0.29) is 5.91 Å². The van der Waals surface area contributed by atoms with Crippen LogP contribution in [0, 0.1) is 0 Å². The monoisotopic (exact) mass is 328 g/mol. The number of amides is 1. The van der Waals surface area contributed by atoms with Gasteiger partial charge in [0, 0.05) is 12.6 Å². The maximum absolute atomic E-state index is 12.3. The molecule has 0 bridgehead atoms. The second-order valence-corrected chi connectivity index (χ2v) is 5.85. The number of rotatable bonds is 3. The van der Waals surface area contributed by atoms with Crippen molar-refractivity contribution in [1.29, 1.82) is 0 Å². The minimum Gasteiger partial charge on any atom is -0.495 e. The molecule has 0 aliphatic rings. The predicted octanol–water partition coefficient (Wildman–Crippen LogP) is 3.00.